The van der Waals surface area contributed by atoms with Gasteiger partial charge in [-0.1, -0.05) is 11.6 Å². The van der Waals surface area contributed by atoms with Crippen LogP contribution >= 0.6 is 22.9 Å². The Morgan fingerprint density at radius 3 is 2.83 bits per heavy atom. The van der Waals surface area contributed by atoms with E-state index in [0.29, 0.717) is 22.5 Å². The van der Waals surface area contributed by atoms with Crippen molar-refractivity contribution >= 4 is 45.6 Å². The quantitative estimate of drug-likeness (QED) is 0.723. The number of carbonyl (C=O) groups excluding carboxylic acids is 1. The minimum absolute atomic E-state index is 0.0456. The molecule has 0 aliphatic heterocycles. The van der Waals surface area contributed by atoms with Crippen LogP contribution in [0.15, 0.2) is 42.0 Å². The molecule has 3 aromatic rings. The van der Waals surface area contributed by atoms with E-state index < -0.39 is 5.82 Å². The summed E-state index contributed by atoms with van der Waals surface area (Å²) in [5.41, 5.74) is 1.03. The molecule has 0 saturated heterocycles. The van der Waals surface area contributed by atoms with Gasteiger partial charge >= 0.3 is 0 Å². The van der Waals surface area contributed by atoms with E-state index in [-0.39, 0.29) is 17.4 Å². The summed E-state index contributed by atoms with van der Waals surface area (Å²) in [5.74, 6) is -0.373. The average Bonchev–Trinajstić information content (AvgIpc) is 2.99. The highest BCUT2D eigenvalue weighted by atomic mass is 35.5. The van der Waals surface area contributed by atoms with E-state index in [2.05, 4.69) is 25.6 Å². The van der Waals surface area contributed by atoms with Crippen molar-refractivity contribution in [2.75, 3.05) is 10.6 Å². The van der Waals surface area contributed by atoms with Crippen molar-refractivity contribution in [3.05, 3.63) is 58.6 Å². The van der Waals surface area contributed by atoms with Gasteiger partial charge in [0, 0.05) is 23.5 Å². The van der Waals surface area contributed by atoms with Crippen molar-refractivity contribution in [1.82, 2.24) is 15.0 Å². The first-order valence-electron chi connectivity index (χ1n) is 6.83. The van der Waals surface area contributed by atoms with Gasteiger partial charge in [-0.25, -0.2) is 19.3 Å². The maximum absolute atomic E-state index is 13.1. The lowest BCUT2D eigenvalue weighted by atomic mass is 10.2. The first-order valence-corrected chi connectivity index (χ1v) is 8.09. The maximum atomic E-state index is 13.1. The first-order chi connectivity index (χ1) is 11.6. The third-order valence-electron chi connectivity index (χ3n) is 2.88. The number of amides is 1. The molecule has 2 aromatic heterocycles. The van der Waals surface area contributed by atoms with Crippen LogP contribution in [0.2, 0.25) is 5.02 Å². The molecule has 0 fully saturated rings. The zero-order valence-electron chi connectivity index (χ0n) is 12.2. The van der Waals surface area contributed by atoms with Crippen LogP contribution in [-0.4, -0.2) is 20.9 Å². The minimum Gasteiger partial charge on any atom is -0.326 e. The summed E-state index contributed by atoms with van der Waals surface area (Å²) in [6.07, 6.45) is 3.32. The molecule has 0 unspecified atom stereocenters. The van der Waals surface area contributed by atoms with Crippen LogP contribution in [0.25, 0.3) is 0 Å². The largest absolute Gasteiger partial charge is 0.326 e. The van der Waals surface area contributed by atoms with Gasteiger partial charge in [0.2, 0.25) is 11.9 Å². The number of anilines is 3. The molecule has 0 aliphatic carbocycles. The Morgan fingerprint density at radius 2 is 2.08 bits per heavy atom. The second-order valence-electron chi connectivity index (χ2n) is 4.70. The monoisotopic (exact) mass is 363 g/mol. The molecule has 0 aliphatic rings. The Labute approximate surface area is 145 Å². The van der Waals surface area contributed by atoms with Crippen molar-refractivity contribution in [2.24, 2.45) is 0 Å². The summed E-state index contributed by atoms with van der Waals surface area (Å²) in [7, 11) is 0. The fourth-order valence-corrected chi connectivity index (χ4v) is 2.73. The van der Waals surface area contributed by atoms with E-state index >= 15 is 0 Å². The van der Waals surface area contributed by atoms with E-state index in [9.17, 15) is 9.18 Å². The smallest absolute Gasteiger partial charge is 0.230 e. The van der Waals surface area contributed by atoms with Crippen molar-refractivity contribution in [3.63, 3.8) is 0 Å². The highest BCUT2D eigenvalue weighted by Crippen LogP contribution is 2.21. The molecule has 122 valence electrons. The Bertz CT molecular complexity index is 858. The number of hydrogen-bond donors (Lipinski definition) is 2. The van der Waals surface area contributed by atoms with E-state index in [1.807, 2.05) is 0 Å². The average molecular weight is 364 g/mol. The fraction of sp³-hybridized carbons (Fsp3) is 0.0667. The summed E-state index contributed by atoms with van der Waals surface area (Å²) in [6.45, 7) is 0. The van der Waals surface area contributed by atoms with Crippen molar-refractivity contribution < 1.29 is 9.18 Å². The number of hydrogen-bond acceptors (Lipinski definition) is 6. The summed E-state index contributed by atoms with van der Waals surface area (Å²) < 4.78 is 13.1. The number of thiazole rings is 1. The Balaban J connectivity index is 1.59. The van der Waals surface area contributed by atoms with E-state index in [4.69, 9.17) is 11.6 Å². The van der Waals surface area contributed by atoms with E-state index in [1.54, 1.807) is 23.8 Å². The lowest BCUT2D eigenvalue weighted by molar-refractivity contribution is -0.115. The molecular formula is C15H11ClFN5OS. The summed E-state index contributed by atoms with van der Waals surface area (Å²) in [6, 6.07) is 5.71. The van der Waals surface area contributed by atoms with E-state index in [0.717, 1.165) is 0 Å². The molecule has 3 rings (SSSR count). The standard InChI is InChI=1S/C15H11ClFN5OS/c16-11-6-9(2-3-12(11)17)20-13(23)7-10-8-24-15(21-10)22-14-18-4-1-5-19-14/h1-6,8H,7H2,(H,20,23)(H,18,19,21,22). The first kappa shape index (κ1) is 16.3. The number of halogens is 2. The second-order valence-corrected chi connectivity index (χ2v) is 5.96. The molecule has 1 aromatic carbocycles. The van der Waals surface area contributed by atoms with Crippen molar-refractivity contribution in [3.8, 4) is 0 Å². The Kier molecular flexibility index (Phi) is 4.97. The molecule has 24 heavy (non-hydrogen) atoms. The van der Waals surface area contributed by atoms with Crippen molar-refractivity contribution in [1.29, 1.82) is 0 Å². The van der Waals surface area contributed by atoms with Gasteiger partial charge in [-0.2, -0.15) is 0 Å². The molecule has 0 atom stereocenters. The minimum atomic E-state index is -0.534. The maximum Gasteiger partial charge on any atom is 0.230 e. The van der Waals surface area contributed by atoms with Gasteiger partial charge in [-0.15, -0.1) is 11.3 Å². The second kappa shape index (κ2) is 7.33. The van der Waals surface area contributed by atoms with Gasteiger partial charge in [0.15, 0.2) is 5.13 Å². The van der Waals surface area contributed by atoms with Gasteiger partial charge < -0.3 is 10.6 Å². The van der Waals surface area contributed by atoms with Gasteiger partial charge in [-0.3, -0.25) is 4.79 Å². The number of aromatic nitrogens is 3. The van der Waals surface area contributed by atoms with E-state index in [1.165, 1.54) is 29.5 Å². The predicted molar refractivity (Wildman–Crippen MR) is 91.2 cm³/mol. The van der Waals surface area contributed by atoms with Gasteiger partial charge in [0.1, 0.15) is 5.82 Å². The van der Waals surface area contributed by atoms with Gasteiger partial charge in [-0.05, 0) is 24.3 Å². The summed E-state index contributed by atoms with van der Waals surface area (Å²) in [5, 5.41) is 7.91. The number of carbonyl (C=O) groups is 1. The van der Waals surface area contributed by atoms with Crippen LogP contribution in [0.1, 0.15) is 5.69 Å². The number of rotatable bonds is 5. The molecule has 9 heteroatoms. The van der Waals surface area contributed by atoms with Crippen LogP contribution in [0.4, 0.5) is 21.2 Å². The molecular weight excluding hydrogens is 353 g/mol. The molecule has 1 amide bonds. The fourth-order valence-electron chi connectivity index (χ4n) is 1.85. The highest BCUT2D eigenvalue weighted by molar-refractivity contribution is 7.13. The zero-order valence-corrected chi connectivity index (χ0v) is 13.7. The molecule has 6 nitrogen and oxygen atoms in total. The number of nitrogens with one attached hydrogen (secondary N) is 2. The third kappa shape index (κ3) is 4.24. The predicted octanol–water partition coefficient (Wildman–Crippen LogP) is 3.65. The van der Waals surface area contributed by atoms with Crippen LogP contribution in [0, 0.1) is 5.82 Å². The molecule has 2 N–H and O–H groups in total. The number of benzene rings is 1. The van der Waals surface area contributed by atoms with Gasteiger partial charge in [0.05, 0.1) is 17.1 Å². The molecule has 0 spiro atoms. The summed E-state index contributed by atoms with van der Waals surface area (Å²) >= 11 is 7.02. The zero-order chi connectivity index (χ0) is 16.9. The number of nitrogens with zero attached hydrogens (tertiary/aromatic N) is 3. The Morgan fingerprint density at radius 1 is 1.29 bits per heavy atom. The SMILES string of the molecule is O=C(Cc1csc(Nc2ncccn2)n1)Nc1ccc(F)c(Cl)c1. The topological polar surface area (TPSA) is 79.8 Å². The normalized spacial score (nSPS) is 10.4. The molecule has 2 heterocycles. The van der Waals surface area contributed by atoms with Crippen LogP contribution in [0.3, 0.4) is 0 Å². The van der Waals surface area contributed by atoms with Crippen LogP contribution < -0.4 is 10.6 Å². The molecule has 0 radical (unpaired) electrons. The van der Waals surface area contributed by atoms with Crippen LogP contribution in [0.5, 0.6) is 0 Å². The van der Waals surface area contributed by atoms with Crippen LogP contribution in [-0.2, 0) is 11.2 Å². The molecule has 0 saturated carbocycles. The summed E-state index contributed by atoms with van der Waals surface area (Å²) in [4.78, 5) is 24.4. The molecule has 0 bridgehead atoms. The highest BCUT2D eigenvalue weighted by Gasteiger charge is 2.10. The lowest BCUT2D eigenvalue weighted by Crippen LogP contribution is -2.14. The third-order valence-corrected chi connectivity index (χ3v) is 3.98. The van der Waals surface area contributed by atoms with Gasteiger partial charge in [0.25, 0.3) is 0 Å². The Hall–Kier alpha value is -2.58. The van der Waals surface area contributed by atoms with Crippen molar-refractivity contribution in [2.45, 2.75) is 6.42 Å². The lowest BCUT2D eigenvalue weighted by Gasteiger charge is -2.05.